The largest absolute Gasteiger partial charge is 0.332 e. The van der Waals surface area contributed by atoms with Crippen LogP contribution in [0.25, 0.3) is 16.2 Å². The highest BCUT2D eigenvalue weighted by atomic mass is 32.1. The fourth-order valence-corrected chi connectivity index (χ4v) is 4.96. The van der Waals surface area contributed by atoms with E-state index in [0.717, 1.165) is 38.3 Å². The fourth-order valence-electron chi connectivity index (χ4n) is 4.11. The molecule has 1 saturated carbocycles. The van der Waals surface area contributed by atoms with Crippen LogP contribution in [-0.2, 0) is 0 Å². The summed E-state index contributed by atoms with van der Waals surface area (Å²) < 4.78 is 2.16. The number of anilines is 3. The molecule has 0 saturated heterocycles. The van der Waals surface area contributed by atoms with Gasteiger partial charge in [0.15, 0.2) is 5.13 Å². The molecule has 0 unspecified atom stereocenters. The summed E-state index contributed by atoms with van der Waals surface area (Å²) in [4.78, 5) is 22.9. The van der Waals surface area contributed by atoms with Gasteiger partial charge in [0.05, 0.1) is 16.8 Å². The molecule has 168 valence electrons. The van der Waals surface area contributed by atoms with Gasteiger partial charge in [-0.1, -0.05) is 35.6 Å². The van der Waals surface area contributed by atoms with Gasteiger partial charge in [0.2, 0.25) is 0 Å². The van der Waals surface area contributed by atoms with Crippen LogP contribution in [0.1, 0.15) is 40.2 Å². The number of hydrogen-bond donors (Lipinski definition) is 2. The Kier molecular flexibility index (Phi) is 5.11. The van der Waals surface area contributed by atoms with Gasteiger partial charge >= 0.3 is 0 Å². The van der Waals surface area contributed by atoms with Gasteiger partial charge in [0.25, 0.3) is 5.91 Å². The van der Waals surface area contributed by atoms with Crippen molar-refractivity contribution in [2.45, 2.75) is 25.7 Å². The molecule has 6 rings (SSSR count). The molecule has 2 aromatic carbocycles. The van der Waals surface area contributed by atoms with Crippen LogP contribution in [0.5, 0.6) is 0 Å². The Balaban J connectivity index is 1.17. The molecule has 0 atom stereocenters. The second kappa shape index (κ2) is 8.43. The molecule has 1 fully saturated rings. The van der Waals surface area contributed by atoms with Crippen LogP contribution < -0.4 is 10.6 Å². The van der Waals surface area contributed by atoms with E-state index in [1.54, 1.807) is 11.3 Å². The highest BCUT2D eigenvalue weighted by Crippen LogP contribution is 2.42. The summed E-state index contributed by atoms with van der Waals surface area (Å²) in [7, 11) is 0. The summed E-state index contributed by atoms with van der Waals surface area (Å²) in [6.07, 6.45) is 8.38. The molecule has 1 aliphatic carbocycles. The molecule has 1 amide bonds. The molecule has 0 radical (unpaired) electrons. The van der Waals surface area contributed by atoms with Crippen molar-refractivity contribution in [3.05, 3.63) is 95.9 Å². The summed E-state index contributed by atoms with van der Waals surface area (Å²) in [6, 6.07) is 19.4. The number of pyridine rings is 1. The third-order valence-electron chi connectivity index (χ3n) is 6.13. The van der Waals surface area contributed by atoms with Gasteiger partial charge in [-0.3, -0.25) is 9.20 Å². The van der Waals surface area contributed by atoms with Gasteiger partial charge in [-0.05, 0) is 73.2 Å². The second-order valence-corrected chi connectivity index (χ2v) is 9.61. The van der Waals surface area contributed by atoms with Crippen molar-refractivity contribution >= 4 is 39.4 Å². The van der Waals surface area contributed by atoms with Crippen LogP contribution in [-0.4, -0.2) is 20.3 Å². The third kappa shape index (κ3) is 3.95. The lowest BCUT2D eigenvalue weighted by Gasteiger charge is -2.09. The molecule has 3 aromatic heterocycles. The van der Waals surface area contributed by atoms with Crippen LogP contribution in [0.4, 0.5) is 16.5 Å². The van der Waals surface area contributed by atoms with Crippen molar-refractivity contribution in [1.82, 2.24) is 14.4 Å². The minimum Gasteiger partial charge on any atom is -0.332 e. The Morgan fingerprint density at radius 3 is 2.62 bits per heavy atom. The Bertz CT molecular complexity index is 1500. The van der Waals surface area contributed by atoms with E-state index in [2.05, 4.69) is 38.3 Å². The number of carbonyl (C=O) groups excluding carboxylic acids is 1. The summed E-state index contributed by atoms with van der Waals surface area (Å²) in [5.74, 6) is 0.523. The van der Waals surface area contributed by atoms with E-state index in [1.807, 2.05) is 67.8 Å². The fraction of sp³-hybridized carbons (Fsp3) is 0.148. The van der Waals surface area contributed by atoms with E-state index < -0.39 is 0 Å². The normalized spacial score (nSPS) is 13.2. The zero-order valence-corrected chi connectivity index (χ0v) is 19.5. The average molecular weight is 466 g/mol. The van der Waals surface area contributed by atoms with Gasteiger partial charge in [-0.25, -0.2) is 9.97 Å². The van der Waals surface area contributed by atoms with Crippen LogP contribution in [0.3, 0.4) is 0 Å². The summed E-state index contributed by atoms with van der Waals surface area (Å²) >= 11 is 1.58. The first-order valence-corrected chi connectivity index (χ1v) is 12.1. The number of rotatable bonds is 6. The first-order valence-electron chi connectivity index (χ1n) is 11.3. The summed E-state index contributed by atoms with van der Waals surface area (Å²) in [6.45, 7) is 1.98. The molecule has 0 spiro atoms. The van der Waals surface area contributed by atoms with E-state index in [4.69, 9.17) is 4.98 Å². The van der Waals surface area contributed by atoms with Crippen LogP contribution in [0.15, 0.2) is 79.3 Å². The Hall–Kier alpha value is -3.97. The predicted octanol–water partition coefficient (Wildman–Crippen LogP) is 6.64. The maximum Gasteiger partial charge on any atom is 0.255 e. The number of carbonyl (C=O) groups is 1. The molecular weight excluding hydrogens is 442 g/mol. The topological polar surface area (TPSA) is 71.3 Å². The van der Waals surface area contributed by atoms with Crippen molar-refractivity contribution in [1.29, 1.82) is 0 Å². The Morgan fingerprint density at radius 2 is 1.82 bits per heavy atom. The van der Waals surface area contributed by atoms with E-state index in [0.29, 0.717) is 11.5 Å². The van der Waals surface area contributed by atoms with Gasteiger partial charge in [-0.2, -0.15) is 0 Å². The lowest BCUT2D eigenvalue weighted by molar-refractivity contribution is 0.102. The molecule has 0 bridgehead atoms. The molecule has 34 heavy (non-hydrogen) atoms. The number of hydrogen-bond acceptors (Lipinski definition) is 5. The SMILES string of the molecule is Cc1ccccc1NC(=O)c1ccc(Nc2ncc(-c3cnc4c(C5CC5)cccn34)s2)cc1. The lowest BCUT2D eigenvalue weighted by Crippen LogP contribution is -2.12. The Labute approximate surface area is 201 Å². The van der Waals surface area contributed by atoms with Crippen LogP contribution in [0, 0.1) is 6.92 Å². The van der Waals surface area contributed by atoms with Crippen LogP contribution >= 0.6 is 11.3 Å². The first-order chi connectivity index (χ1) is 16.7. The minimum atomic E-state index is -0.129. The number of aryl methyl sites for hydroxylation is 1. The quantitative estimate of drug-likeness (QED) is 0.295. The van der Waals surface area contributed by atoms with E-state index >= 15 is 0 Å². The van der Waals surface area contributed by atoms with Crippen molar-refractivity contribution in [3.8, 4) is 10.6 Å². The number of benzene rings is 2. The zero-order chi connectivity index (χ0) is 23.1. The van der Waals surface area contributed by atoms with Gasteiger partial charge in [0.1, 0.15) is 5.65 Å². The van der Waals surface area contributed by atoms with Crippen molar-refractivity contribution in [2.24, 2.45) is 0 Å². The van der Waals surface area contributed by atoms with E-state index in [1.165, 1.54) is 18.4 Å². The summed E-state index contributed by atoms with van der Waals surface area (Å²) in [5.41, 5.74) is 6.76. The maximum atomic E-state index is 12.6. The standard InChI is InChI=1S/C27H23N5OS/c1-17-5-2-3-7-22(17)31-26(33)19-10-12-20(13-11-19)30-27-29-16-24(34-27)23-15-28-25-21(18-8-9-18)6-4-14-32(23)25/h2-7,10-16,18H,8-9H2,1H3,(H,29,30)(H,31,33). The molecule has 1 aliphatic rings. The van der Waals surface area contributed by atoms with E-state index in [-0.39, 0.29) is 5.91 Å². The number of para-hydroxylation sites is 1. The number of fused-ring (bicyclic) bond motifs is 1. The molecule has 7 heteroatoms. The molecule has 3 heterocycles. The van der Waals surface area contributed by atoms with Crippen LogP contribution in [0.2, 0.25) is 0 Å². The first kappa shape index (κ1) is 20.6. The maximum absolute atomic E-state index is 12.6. The molecule has 5 aromatic rings. The highest BCUT2D eigenvalue weighted by Gasteiger charge is 2.26. The van der Waals surface area contributed by atoms with Gasteiger partial charge in [0, 0.05) is 29.3 Å². The molecule has 2 N–H and O–H groups in total. The number of amides is 1. The number of nitrogens with one attached hydrogen (secondary N) is 2. The van der Waals surface area contributed by atoms with Gasteiger partial charge < -0.3 is 10.6 Å². The smallest absolute Gasteiger partial charge is 0.255 e. The van der Waals surface area contributed by atoms with E-state index in [9.17, 15) is 4.79 Å². The average Bonchev–Trinajstić information content (AvgIpc) is 3.45. The predicted molar refractivity (Wildman–Crippen MR) is 137 cm³/mol. The molecule has 6 nitrogen and oxygen atoms in total. The van der Waals surface area contributed by atoms with Crippen molar-refractivity contribution in [3.63, 3.8) is 0 Å². The summed E-state index contributed by atoms with van der Waals surface area (Å²) in [5, 5.41) is 7.10. The number of imidazole rings is 1. The molecular formula is C27H23N5OS. The Morgan fingerprint density at radius 1 is 1.00 bits per heavy atom. The highest BCUT2D eigenvalue weighted by molar-refractivity contribution is 7.18. The molecule has 0 aliphatic heterocycles. The van der Waals surface area contributed by atoms with Crippen molar-refractivity contribution < 1.29 is 4.79 Å². The monoisotopic (exact) mass is 465 g/mol. The minimum absolute atomic E-state index is 0.129. The van der Waals surface area contributed by atoms with Crippen molar-refractivity contribution in [2.75, 3.05) is 10.6 Å². The third-order valence-corrected chi connectivity index (χ3v) is 7.07. The number of nitrogens with zero attached hydrogens (tertiary/aromatic N) is 3. The number of thiazole rings is 1. The zero-order valence-electron chi connectivity index (χ0n) is 18.7. The lowest BCUT2D eigenvalue weighted by atomic mass is 10.1. The van der Waals surface area contributed by atoms with Gasteiger partial charge in [-0.15, -0.1) is 0 Å². The number of aromatic nitrogens is 3. The second-order valence-electron chi connectivity index (χ2n) is 8.58.